The van der Waals surface area contributed by atoms with Crippen LogP contribution in [0.15, 0.2) is 11.6 Å². The van der Waals surface area contributed by atoms with Gasteiger partial charge in [0.1, 0.15) is 19.0 Å². The molecular weight excluding hydrogens is 436 g/mol. The molecule has 0 bridgehead atoms. The van der Waals surface area contributed by atoms with Gasteiger partial charge in [0, 0.05) is 17.9 Å². The van der Waals surface area contributed by atoms with E-state index in [0.717, 1.165) is 31.1 Å². The van der Waals surface area contributed by atoms with Crippen molar-refractivity contribution in [3.63, 3.8) is 0 Å². The van der Waals surface area contributed by atoms with Gasteiger partial charge in [0.15, 0.2) is 0 Å². The molecule has 0 saturated heterocycles. The lowest BCUT2D eigenvalue weighted by atomic mass is 9.41. The lowest BCUT2D eigenvalue weighted by Crippen LogP contribution is -2.69. The monoisotopic (exact) mass is 474 g/mol. The van der Waals surface area contributed by atoms with Gasteiger partial charge < -0.3 is 24.5 Å². The number of fused-ring (bicyclic) bond motifs is 5. The minimum atomic E-state index is -1.23. The number of esters is 2. The number of ether oxygens (including phenoxy) is 2. The fourth-order valence-electron chi connectivity index (χ4n) is 8.72. The van der Waals surface area contributed by atoms with Gasteiger partial charge in [0.05, 0.1) is 22.5 Å². The summed E-state index contributed by atoms with van der Waals surface area (Å²) in [5, 5.41) is 24.1. The van der Waals surface area contributed by atoms with E-state index in [4.69, 9.17) is 9.47 Å². The zero-order valence-electron chi connectivity index (χ0n) is 20.5. The van der Waals surface area contributed by atoms with Crippen molar-refractivity contribution < 1.29 is 34.1 Å². The molecular formula is C27H38O7. The van der Waals surface area contributed by atoms with Crippen molar-refractivity contribution in [1.82, 2.24) is 0 Å². The Hall–Kier alpha value is -1.73. The van der Waals surface area contributed by atoms with Gasteiger partial charge in [0.2, 0.25) is 0 Å². The van der Waals surface area contributed by atoms with Crippen LogP contribution in [0.3, 0.4) is 0 Å². The van der Waals surface area contributed by atoms with Gasteiger partial charge in [-0.05, 0) is 74.7 Å². The maximum absolute atomic E-state index is 12.8. The summed E-state index contributed by atoms with van der Waals surface area (Å²) in [5.41, 5.74) is -2.53. The molecule has 4 aliphatic carbocycles. The maximum Gasteiger partial charge on any atom is 0.331 e. The van der Waals surface area contributed by atoms with Crippen LogP contribution in [0.4, 0.5) is 0 Å². The van der Waals surface area contributed by atoms with E-state index < -0.39 is 22.0 Å². The summed E-state index contributed by atoms with van der Waals surface area (Å²) in [5.74, 6) is -0.930. The molecule has 5 rings (SSSR count). The second kappa shape index (κ2) is 7.89. The second-order valence-electron chi connectivity index (χ2n) is 12.2. The lowest BCUT2D eigenvalue weighted by Gasteiger charge is -2.65. The standard InChI is InChI=1S/C27H38O7/c1-16(2)23(30)34-18-4-9-25(15-28)20-5-8-24(3)19(17-12-22(29)33-14-17)7-11-27(24,32)21(20)6-10-26(25,31)13-18/h12,15-16,18-21,31-32H,4-11,13-14H2,1-3H3. The maximum atomic E-state index is 12.8. The van der Waals surface area contributed by atoms with Crippen LogP contribution in [0.2, 0.25) is 0 Å². The fraction of sp³-hybridized carbons (Fsp3) is 0.815. The van der Waals surface area contributed by atoms with Crippen LogP contribution in [0, 0.1) is 34.5 Å². The number of aldehydes is 1. The third-order valence-electron chi connectivity index (χ3n) is 10.6. The minimum absolute atomic E-state index is 0.0871. The minimum Gasteiger partial charge on any atom is -0.462 e. The second-order valence-corrected chi connectivity index (χ2v) is 12.2. The third-order valence-corrected chi connectivity index (χ3v) is 10.6. The number of aliphatic hydroxyl groups is 2. The van der Waals surface area contributed by atoms with E-state index >= 15 is 0 Å². The summed E-state index contributed by atoms with van der Waals surface area (Å²) < 4.78 is 10.9. The topological polar surface area (TPSA) is 110 Å². The molecule has 1 heterocycles. The summed E-state index contributed by atoms with van der Waals surface area (Å²) in [6, 6.07) is 0. The molecule has 4 saturated carbocycles. The van der Waals surface area contributed by atoms with Crippen molar-refractivity contribution in [1.29, 1.82) is 0 Å². The van der Waals surface area contributed by atoms with Crippen LogP contribution < -0.4 is 0 Å². The summed E-state index contributed by atoms with van der Waals surface area (Å²) >= 11 is 0. The highest BCUT2D eigenvalue weighted by Crippen LogP contribution is 2.70. The van der Waals surface area contributed by atoms with Crippen LogP contribution in [-0.2, 0) is 23.9 Å². The molecule has 1 aliphatic heterocycles. The predicted octanol–water partition coefficient (Wildman–Crippen LogP) is 3.11. The molecule has 0 spiro atoms. The molecule has 0 aromatic carbocycles. The van der Waals surface area contributed by atoms with Gasteiger partial charge in [-0.15, -0.1) is 0 Å². The molecule has 0 amide bonds. The van der Waals surface area contributed by atoms with E-state index in [1.54, 1.807) is 19.9 Å². The first-order valence-corrected chi connectivity index (χ1v) is 13.0. The van der Waals surface area contributed by atoms with Crippen LogP contribution in [0.5, 0.6) is 0 Å². The largest absolute Gasteiger partial charge is 0.462 e. The first-order chi connectivity index (χ1) is 16.0. The van der Waals surface area contributed by atoms with E-state index in [-0.39, 0.29) is 48.1 Å². The highest BCUT2D eigenvalue weighted by atomic mass is 16.5. The van der Waals surface area contributed by atoms with E-state index in [2.05, 4.69) is 6.92 Å². The highest BCUT2D eigenvalue weighted by Gasteiger charge is 2.71. The quantitative estimate of drug-likeness (QED) is 0.476. The van der Waals surface area contributed by atoms with E-state index in [1.807, 2.05) is 0 Å². The Kier molecular flexibility index (Phi) is 5.56. The van der Waals surface area contributed by atoms with Gasteiger partial charge in [-0.3, -0.25) is 4.79 Å². The van der Waals surface area contributed by atoms with E-state index in [0.29, 0.717) is 38.7 Å². The molecule has 5 aliphatic rings. The van der Waals surface area contributed by atoms with Crippen molar-refractivity contribution >= 4 is 18.2 Å². The van der Waals surface area contributed by atoms with Crippen molar-refractivity contribution in [3.8, 4) is 0 Å². The van der Waals surface area contributed by atoms with Crippen molar-refractivity contribution in [3.05, 3.63) is 11.6 Å². The van der Waals surface area contributed by atoms with Gasteiger partial charge in [-0.1, -0.05) is 20.8 Å². The van der Waals surface area contributed by atoms with Crippen molar-refractivity contribution in [2.24, 2.45) is 34.5 Å². The Morgan fingerprint density at radius 2 is 1.85 bits per heavy atom. The molecule has 8 atom stereocenters. The van der Waals surface area contributed by atoms with Gasteiger partial charge >= 0.3 is 11.9 Å². The Labute approximate surface area is 201 Å². The van der Waals surface area contributed by atoms with Gasteiger partial charge in [-0.25, -0.2) is 4.79 Å². The normalized spacial score (nSPS) is 47.8. The molecule has 0 aromatic heterocycles. The lowest BCUT2D eigenvalue weighted by molar-refractivity contribution is -0.250. The van der Waals surface area contributed by atoms with Crippen LogP contribution in [0.1, 0.15) is 78.6 Å². The first kappa shape index (κ1) is 24.0. The van der Waals surface area contributed by atoms with Crippen LogP contribution in [-0.4, -0.2) is 52.4 Å². The summed E-state index contributed by atoms with van der Waals surface area (Å²) in [6.45, 7) is 6.02. The molecule has 4 fully saturated rings. The predicted molar refractivity (Wildman–Crippen MR) is 122 cm³/mol. The van der Waals surface area contributed by atoms with Gasteiger partial charge in [0.25, 0.3) is 0 Å². The number of cyclic esters (lactones) is 1. The number of carbonyl (C=O) groups excluding carboxylic acids is 3. The highest BCUT2D eigenvalue weighted by molar-refractivity contribution is 5.85. The number of rotatable bonds is 4. The average molecular weight is 475 g/mol. The van der Waals surface area contributed by atoms with E-state index in [9.17, 15) is 24.6 Å². The summed E-state index contributed by atoms with van der Waals surface area (Å²) in [6.07, 6.45) is 7.42. The molecule has 188 valence electrons. The molecule has 0 aromatic rings. The fourth-order valence-corrected chi connectivity index (χ4v) is 8.72. The molecule has 0 radical (unpaired) electrons. The third kappa shape index (κ3) is 3.11. The molecule has 7 heteroatoms. The smallest absolute Gasteiger partial charge is 0.331 e. The molecule has 34 heavy (non-hydrogen) atoms. The zero-order chi connectivity index (χ0) is 24.5. The Balaban J connectivity index is 1.43. The van der Waals surface area contributed by atoms with Crippen molar-refractivity contribution in [2.75, 3.05) is 6.61 Å². The molecule has 2 N–H and O–H groups in total. The Morgan fingerprint density at radius 3 is 2.50 bits per heavy atom. The summed E-state index contributed by atoms with van der Waals surface area (Å²) in [4.78, 5) is 36.7. The number of hydrogen-bond donors (Lipinski definition) is 2. The molecule has 7 nitrogen and oxygen atoms in total. The first-order valence-electron chi connectivity index (χ1n) is 13.0. The van der Waals surface area contributed by atoms with Gasteiger partial charge in [-0.2, -0.15) is 0 Å². The summed E-state index contributed by atoms with van der Waals surface area (Å²) in [7, 11) is 0. The zero-order valence-corrected chi connectivity index (χ0v) is 20.5. The van der Waals surface area contributed by atoms with Crippen LogP contribution in [0.25, 0.3) is 0 Å². The Morgan fingerprint density at radius 1 is 1.12 bits per heavy atom. The average Bonchev–Trinajstić information content (AvgIpc) is 3.33. The number of carbonyl (C=O) groups is 3. The van der Waals surface area contributed by atoms with E-state index in [1.165, 1.54) is 0 Å². The molecule has 8 unspecified atom stereocenters. The SMILES string of the molecule is CC(C)C(=O)OC1CCC2(C=O)C3CCC4(C)C(C5=CC(=O)OC5)CCC4(O)C3CCC2(O)C1. The van der Waals surface area contributed by atoms with Crippen LogP contribution >= 0.6 is 0 Å². The Bertz CT molecular complexity index is 926. The van der Waals surface area contributed by atoms with Crippen molar-refractivity contribution in [2.45, 2.75) is 95.9 Å². The number of hydrogen-bond acceptors (Lipinski definition) is 7.